The van der Waals surface area contributed by atoms with E-state index in [1.54, 1.807) is 4.68 Å². The number of hydrogen-bond acceptors (Lipinski definition) is 4. The Morgan fingerprint density at radius 2 is 1.97 bits per heavy atom. The van der Waals surface area contributed by atoms with Crippen LogP contribution >= 0.6 is 0 Å². The molecule has 1 unspecified atom stereocenters. The Balaban J connectivity index is 1.44. The molecule has 0 radical (unpaired) electrons. The molecule has 0 saturated heterocycles. The van der Waals surface area contributed by atoms with Gasteiger partial charge in [-0.3, -0.25) is 0 Å². The summed E-state index contributed by atoms with van der Waals surface area (Å²) >= 11 is 0. The van der Waals surface area contributed by atoms with Gasteiger partial charge in [-0.1, -0.05) is 13.8 Å². The van der Waals surface area contributed by atoms with Gasteiger partial charge in [0.25, 0.3) is 0 Å². The van der Waals surface area contributed by atoms with E-state index >= 15 is 0 Å². The average molecular weight is 430 g/mol. The SMILES string of the molecule is CC1(C)COc2c(S(N)(=O)=NC(=O)Nc3cc4c(c5c3CCC5)CCC4)cnn2C1. The van der Waals surface area contributed by atoms with Crippen LogP contribution in [0.25, 0.3) is 0 Å². The largest absolute Gasteiger partial charge is 0.476 e. The van der Waals surface area contributed by atoms with Crippen molar-refractivity contribution in [2.75, 3.05) is 11.9 Å². The molecule has 2 amide bonds. The van der Waals surface area contributed by atoms with Crippen LogP contribution in [0.2, 0.25) is 0 Å². The first-order valence-electron chi connectivity index (χ1n) is 10.4. The Hall–Kier alpha value is -2.39. The minimum atomic E-state index is -3.49. The Morgan fingerprint density at radius 3 is 2.80 bits per heavy atom. The lowest BCUT2D eigenvalue weighted by molar-refractivity contribution is 0.0972. The predicted octanol–water partition coefficient (Wildman–Crippen LogP) is 3.21. The molecule has 0 fully saturated rings. The molecule has 30 heavy (non-hydrogen) atoms. The van der Waals surface area contributed by atoms with Gasteiger partial charge in [-0.2, -0.15) is 5.10 Å². The van der Waals surface area contributed by atoms with Crippen molar-refractivity contribution >= 4 is 21.6 Å². The van der Waals surface area contributed by atoms with Crippen molar-refractivity contribution in [1.29, 1.82) is 0 Å². The van der Waals surface area contributed by atoms with Crippen molar-refractivity contribution < 1.29 is 13.7 Å². The molecule has 1 aliphatic heterocycles. The van der Waals surface area contributed by atoms with Gasteiger partial charge < -0.3 is 10.1 Å². The highest BCUT2D eigenvalue weighted by molar-refractivity contribution is 7.91. The molecular weight excluding hydrogens is 402 g/mol. The highest BCUT2D eigenvalue weighted by atomic mass is 32.2. The average Bonchev–Trinajstić information content (AvgIpc) is 3.38. The maximum absolute atomic E-state index is 13.1. The molecule has 0 bridgehead atoms. The van der Waals surface area contributed by atoms with Crippen LogP contribution in [0.4, 0.5) is 10.5 Å². The second-order valence-electron chi connectivity index (χ2n) is 9.24. The molecule has 2 heterocycles. The molecule has 3 N–H and O–H groups in total. The first-order chi connectivity index (χ1) is 14.2. The maximum atomic E-state index is 13.1. The molecule has 2 aromatic rings. The molecule has 160 valence electrons. The standard InChI is InChI=1S/C21H27N5O3S/c1-21(2)11-26-19(29-12-21)18(10-23-26)30(22,28)25-20(27)24-17-9-13-5-3-6-14(13)15-7-4-8-16(15)17/h9-10H,3-8,11-12H2,1-2H3,(H3,22,24,25,27,28). The number of fused-ring (bicyclic) bond motifs is 4. The van der Waals surface area contributed by atoms with Crippen molar-refractivity contribution in [1.82, 2.24) is 9.78 Å². The Kier molecular flexibility index (Phi) is 4.44. The quantitative estimate of drug-likeness (QED) is 0.763. The van der Waals surface area contributed by atoms with Crippen LogP contribution in [-0.4, -0.2) is 26.6 Å². The van der Waals surface area contributed by atoms with Gasteiger partial charge in [0.15, 0.2) is 9.92 Å². The molecule has 5 rings (SSSR count). The first kappa shape index (κ1) is 19.6. The zero-order valence-corrected chi connectivity index (χ0v) is 18.2. The lowest BCUT2D eigenvalue weighted by atomic mass is 9.94. The second kappa shape index (κ2) is 6.81. The number of anilines is 1. The summed E-state index contributed by atoms with van der Waals surface area (Å²) in [5.74, 6) is 0.330. The number of amides is 2. The molecule has 1 aromatic heterocycles. The lowest BCUT2D eigenvalue weighted by Gasteiger charge is -2.30. The van der Waals surface area contributed by atoms with Gasteiger partial charge in [-0.25, -0.2) is 18.8 Å². The van der Waals surface area contributed by atoms with Crippen LogP contribution in [0.15, 0.2) is 21.5 Å². The third-order valence-electron chi connectivity index (χ3n) is 6.20. The fraction of sp³-hybridized carbons (Fsp3) is 0.524. The predicted molar refractivity (Wildman–Crippen MR) is 114 cm³/mol. The number of urea groups is 1. The number of nitrogens with one attached hydrogen (secondary N) is 1. The fourth-order valence-electron chi connectivity index (χ4n) is 4.86. The summed E-state index contributed by atoms with van der Waals surface area (Å²) in [5, 5.41) is 13.1. The van der Waals surface area contributed by atoms with Crippen molar-refractivity contribution in [3.05, 3.63) is 34.5 Å². The van der Waals surface area contributed by atoms with Crippen LogP contribution in [0.3, 0.4) is 0 Å². The van der Waals surface area contributed by atoms with Crippen molar-refractivity contribution in [2.45, 2.75) is 63.8 Å². The number of carbonyl (C=O) groups is 1. The third-order valence-corrected chi connectivity index (χ3v) is 7.55. The number of benzene rings is 1. The minimum absolute atomic E-state index is 0.0891. The Labute approximate surface area is 176 Å². The molecule has 1 atom stereocenters. The highest BCUT2D eigenvalue weighted by Gasteiger charge is 2.32. The van der Waals surface area contributed by atoms with Gasteiger partial charge in [0.05, 0.1) is 19.3 Å². The molecule has 3 aliphatic rings. The van der Waals surface area contributed by atoms with Crippen molar-refractivity contribution in [2.24, 2.45) is 14.9 Å². The summed E-state index contributed by atoms with van der Waals surface area (Å²) < 4.78 is 24.3. The van der Waals surface area contributed by atoms with Gasteiger partial charge >= 0.3 is 6.03 Å². The van der Waals surface area contributed by atoms with E-state index in [9.17, 15) is 9.00 Å². The first-order valence-corrected chi connectivity index (χ1v) is 12.0. The molecule has 0 spiro atoms. The molecular formula is C21H27N5O3S. The lowest BCUT2D eigenvalue weighted by Crippen LogP contribution is -2.33. The third kappa shape index (κ3) is 3.30. The summed E-state index contributed by atoms with van der Waals surface area (Å²) in [7, 11) is -3.49. The Bertz CT molecular complexity index is 1170. The molecule has 1 aromatic carbocycles. The summed E-state index contributed by atoms with van der Waals surface area (Å²) in [6.45, 7) is 5.19. The van der Waals surface area contributed by atoms with Crippen LogP contribution in [0.5, 0.6) is 5.88 Å². The van der Waals surface area contributed by atoms with Crippen LogP contribution in [0.1, 0.15) is 48.9 Å². The topological polar surface area (TPSA) is 112 Å². The number of nitrogens with zero attached hydrogens (tertiary/aromatic N) is 3. The number of aryl methyl sites for hydroxylation is 1. The number of rotatable bonds is 2. The van der Waals surface area contributed by atoms with Gasteiger partial charge in [0, 0.05) is 11.1 Å². The van der Waals surface area contributed by atoms with Crippen molar-refractivity contribution in [3.63, 3.8) is 0 Å². The van der Waals surface area contributed by atoms with Gasteiger partial charge in [-0.05, 0) is 66.8 Å². The molecule has 0 saturated carbocycles. The minimum Gasteiger partial charge on any atom is -0.476 e. The van der Waals surface area contributed by atoms with E-state index in [1.165, 1.54) is 28.5 Å². The van der Waals surface area contributed by atoms with Gasteiger partial charge in [-0.15, -0.1) is 4.36 Å². The molecule has 8 nitrogen and oxygen atoms in total. The van der Waals surface area contributed by atoms with Crippen molar-refractivity contribution in [3.8, 4) is 5.88 Å². The van der Waals surface area contributed by atoms with E-state index in [1.807, 2.05) is 0 Å². The highest BCUT2D eigenvalue weighted by Crippen LogP contribution is 2.38. The summed E-state index contributed by atoms with van der Waals surface area (Å²) in [4.78, 5) is 12.8. The van der Waals surface area contributed by atoms with Gasteiger partial charge in [0.2, 0.25) is 5.88 Å². The summed E-state index contributed by atoms with van der Waals surface area (Å²) in [6, 6.07) is 1.36. The number of hydrogen-bond donors (Lipinski definition) is 2. The van der Waals surface area contributed by atoms with Crippen LogP contribution < -0.4 is 15.2 Å². The van der Waals surface area contributed by atoms with E-state index in [0.717, 1.165) is 44.2 Å². The van der Waals surface area contributed by atoms with Crippen LogP contribution in [-0.2, 0) is 42.1 Å². The second-order valence-corrected chi connectivity index (χ2v) is 11.0. The summed E-state index contributed by atoms with van der Waals surface area (Å²) in [6.07, 6.45) is 7.80. The number of carbonyl (C=O) groups excluding carboxylic acids is 1. The fourth-order valence-corrected chi connectivity index (χ4v) is 5.86. The van der Waals surface area contributed by atoms with Gasteiger partial charge in [0.1, 0.15) is 4.90 Å². The van der Waals surface area contributed by atoms with Crippen LogP contribution in [0, 0.1) is 5.41 Å². The van der Waals surface area contributed by atoms with E-state index in [2.05, 4.69) is 34.7 Å². The Morgan fingerprint density at radius 1 is 1.23 bits per heavy atom. The normalized spacial score (nSPS) is 20.5. The maximum Gasteiger partial charge on any atom is 0.354 e. The number of aromatic nitrogens is 2. The van der Waals surface area contributed by atoms with E-state index in [4.69, 9.17) is 9.88 Å². The molecule has 2 aliphatic carbocycles. The van der Waals surface area contributed by atoms with E-state index in [-0.39, 0.29) is 10.3 Å². The summed E-state index contributed by atoms with van der Waals surface area (Å²) in [5.41, 5.74) is 6.04. The van der Waals surface area contributed by atoms with E-state index in [0.29, 0.717) is 19.0 Å². The van der Waals surface area contributed by atoms with E-state index < -0.39 is 15.9 Å². The number of ether oxygens (including phenoxy) is 1. The smallest absolute Gasteiger partial charge is 0.354 e. The number of nitrogens with two attached hydrogens (primary N) is 1. The zero-order chi connectivity index (χ0) is 21.1. The molecule has 9 heteroatoms. The monoisotopic (exact) mass is 429 g/mol. The zero-order valence-electron chi connectivity index (χ0n) is 17.4.